The number of nitriles is 1. The van der Waals surface area contributed by atoms with Gasteiger partial charge in [0.15, 0.2) is 0 Å². The monoisotopic (exact) mass is 350 g/mol. The second-order valence-corrected chi connectivity index (χ2v) is 7.34. The number of carbonyl (C=O) groups excluding carboxylic acids is 1. The maximum atomic E-state index is 12.2. The molecule has 2 heterocycles. The molecule has 3 rings (SSSR count). The van der Waals surface area contributed by atoms with Crippen LogP contribution in [0, 0.1) is 11.3 Å². The van der Waals surface area contributed by atoms with E-state index >= 15 is 0 Å². The normalized spacial score (nSPS) is 13.1. The fraction of sp³-hybridized carbons (Fsp3) is 0.350. The first kappa shape index (κ1) is 17.7. The average molecular weight is 350 g/mol. The molecule has 0 atom stereocenters. The Balaban J connectivity index is 1.61. The zero-order valence-corrected chi connectivity index (χ0v) is 15.2. The number of ether oxygens (including phenoxy) is 1. The molecule has 1 N–H and O–H groups in total. The summed E-state index contributed by atoms with van der Waals surface area (Å²) >= 11 is 0. The van der Waals surface area contributed by atoms with Crippen LogP contribution in [0.1, 0.15) is 43.0 Å². The van der Waals surface area contributed by atoms with E-state index in [0.717, 1.165) is 22.5 Å². The third-order valence-corrected chi connectivity index (χ3v) is 4.01. The number of hydrogen-bond acceptors (Lipinski definition) is 5. The number of nitrogens with zero attached hydrogens (tertiary/aromatic N) is 3. The summed E-state index contributed by atoms with van der Waals surface area (Å²) in [5.74, 6) is 0.722. The maximum absolute atomic E-state index is 12.2. The Bertz CT molecular complexity index is 848. The van der Waals surface area contributed by atoms with Crippen molar-refractivity contribution < 1.29 is 9.53 Å². The summed E-state index contributed by atoms with van der Waals surface area (Å²) in [6.45, 7) is 7.38. The molecule has 1 aliphatic rings. The fourth-order valence-corrected chi connectivity index (χ4v) is 2.77. The van der Waals surface area contributed by atoms with Crippen molar-refractivity contribution in [3.8, 4) is 6.07 Å². The van der Waals surface area contributed by atoms with E-state index in [4.69, 9.17) is 10.00 Å². The number of rotatable bonds is 3. The zero-order valence-electron chi connectivity index (χ0n) is 15.2. The van der Waals surface area contributed by atoms with E-state index in [2.05, 4.69) is 28.5 Å². The van der Waals surface area contributed by atoms with Gasteiger partial charge in [-0.05, 0) is 49.6 Å². The standard InChI is InChI=1S/C20H22N4O2/c1-20(2,3)26-19(25)24-12-16-6-4-14(8-17(16)13-24)10-22-18-7-5-15(9-21)11-23-18/h4-8,11H,10,12-13H2,1-3H3,(H,22,23). The molecule has 0 saturated heterocycles. The summed E-state index contributed by atoms with van der Waals surface area (Å²) in [6.07, 6.45) is 1.26. The highest BCUT2D eigenvalue weighted by molar-refractivity contribution is 5.69. The van der Waals surface area contributed by atoms with E-state index in [0.29, 0.717) is 25.2 Å². The molecule has 1 aromatic heterocycles. The Hall–Kier alpha value is -3.07. The van der Waals surface area contributed by atoms with Crippen LogP contribution in [0.25, 0.3) is 0 Å². The van der Waals surface area contributed by atoms with Crippen LogP contribution in [0.4, 0.5) is 10.6 Å². The Labute approximate surface area is 153 Å². The van der Waals surface area contributed by atoms with Crippen molar-refractivity contribution >= 4 is 11.9 Å². The molecular formula is C20H22N4O2. The quantitative estimate of drug-likeness (QED) is 0.910. The van der Waals surface area contributed by atoms with Crippen molar-refractivity contribution in [2.45, 2.75) is 46.0 Å². The van der Waals surface area contributed by atoms with Crippen LogP contribution >= 0.6 is 0 Å². The largest absolute Gasteiger partial charge is 0.444 e. The summed E-state index contributed by atoms with van der Waals surface area (Å²) < 4.78 is 5.45. The summed E-state index contributed by atoms with van der Waals surface area (Å²) in [4.78, 5) is 18.2. The number of carbonyl (C=O) groups is 1. The van der Waals surface area contributed by atoms with Gasteiger partial charge in [0, 0.05) is 25.8 Å². The number of amides is 1. The van der Waals surface area contributed by atoms with Crippen molar-refractivity contribution in [2.75, 3.05) is 5.32 Å². The van der Waals surface area contributed by atoms with E-state index < -0.39 is 5.60 Å². The highest BCUT2D eigenvalue weighted by Gasteiger charge is 2.27. The van der Waals surface area contributed by atoms with Gasteiger partial charge in [-0.3, -0.25) is 4.90 Å². The lowest BCUT2D eigenvalue weighted by Gasteiger charge is -2.24. The van der Waals surface area contributed by atoms with Gasteiger partial charge in [0.1, 0.15) is 17.5 Å². The number of hydrogen-bond donors (Lipinski definition) is 1. The van der Waals surface area contributed by atoms with Crippen molar-refractivity contribution in [1.29, 1.82) is 5.26 Å². The minimum absolute atomic E-state index is 0.282. The predicted octanol–water partition coefficient (Wildman–Crippen LogP) is 3.82. The number of nitrogens with one attached hydrogen (secondary N) is 1. The van der Waals surface area contributed by atoms with Crippen LogP contribution in [-0.4, -0.2) is 21.6 Å². The van der Waals surface area contributed by atoms with E-state index in [9.17, 15) is 4.79 Å². The summed E-state index contributed by atoms with van der Waals surface area (Å²) in [5.41, 5.74) is 3.45. The summed E-state index contributed by atoms with van der Waals surface area (Å²) in [6, 6.07) is 11.8. The van der Waals surface area contributed by atoms with Gasteiger partial charge in [-0.15, -0.1) is 0 Å². The minimum Gasteiger partial charge on any atom is -0.444 e. The number of anilines is 1. The van der Waals surface area contributed by atoms with Crippen LogP contribution in [0.15, 0.2) is 36.5 Å². The van der Waals surface area contributed by atoms with Crippen LogP contribution in [0.3, 0.4) is 0 Å². The first-order valence-corrected chi connectivity index (χ1v) is 8.53. The number of fused-ring (bicyclic) bond motifs is 1. The average Bonchev–Trinajstić information content (AvgIpc) is 3.02. The van der Waals surface area contributed by atoms with Gasteiger partial charge < -0.3 is 10.1 Å². The van der Waals surface area contributed by atoms with Crippen molar-refractivity contribution in [3.63, 3.8) is 0 Å². The van der Waals surface area contributed by atoms with Crippen molar-refractivity contribution in [3.05, 3.63) is 58.8 Å². The molecule has 0 spiro atoms. The lowest BCUT2D eigenvalue weighted by Crippen LogP contribution is -2.33. The first-order valence-electron chi connectivity index (χ1n) is 8.53. The lowest BCUT2D eigenvalue weighted by atomic mass is 10.1. The third-order valence-electron chi connectivity index (χ3n) is 4.01. The Kier molecular flexibility index (Phi) is 4.81. The maximum Gasteiger partial charge on any atom is 0.410 e. The van der Waals surface area contributed by atoms with E-state index in [-0.39, 0.29) is 6.09 Å². The van der Waals surface area contributed by atoms with E-state index in [1.165, 1.54) is 0 Å². The molecule has 1 aliphatic heterocycles. The third kappa shape index (κ3) is 4.31. The summed E-state index contributed by atoms with van der Waals surface area (Å²) in [5, 5.41) is 12.0. The van der Waals surface area contributed by atoms with Crippen LogP contribution in [0.2, 0.25) is 0 Å². The Morgan fingerprint density at radius 3 is 2.69 bits per heavy atom. The van der Waals surface area contributed by atoms with Gasteiger partial charge in [0.2, 0.25) is 0 Å². The molecule has 6 heteroatoms. The number of benzene rings is 1. The molecule has 0 saturated carbocycles. The molecule has 0 unspecified atom stereocenters. The SMILES string of the molecule is CC(C)(C)OC(=O)N1Cc2ccc(CNc3ccc(C#N)cn3)cc2C1. The molecule has 6 nitrogen and oxygen atoms in total. The van der Waals surface area contributed by atoms with E-state index in [1.54, 1.807) is 23.2 Å². The minimum atomic E-state index is -0.491. The smallest absolute Gasteiger partial charge is 0.410 e. The second-order valence-electron chi connectivity index (χ2n) is 7.34. The van der Waals surface area contributed by atoms with E-state index in [1.807, 2.05) is 26.8 Å². The lowest BCUT2D eigenvalue weighted by molar-refractivity contribution is 0.0242. The molecule has 0 fully saturated rings. The van der Waals surface area contributed by atoms with Gasteiger partial charge in [-0.25, -0.2) is 9.78 Å². The molecule has 1 amide bonds. The van der Waals surface area contributed by atoms with Gasteiger partial charge >= 0.3 is 6.09 Å². The predicted molar refractivity (Wildman–Crippen MR) is 98.2 cm³/mol. The highest BCUT2D eigenvalue weighted by Crippen LogP contribution is 2.26. The molecule has 0 aliphatic carbocycles. The molecule has 0 bridgehead atoms. The number of aromatic nitrogens is 1. The molecule has 0 radical (unpaired) electrons. The molecular weight excluding hydrogens is 328 g/mol. The second kappa shape index (κ2) is 7.04. The summed E-state index contributed by atoms with van der Waals surface area (Å²) in [7, 11) is 0. The van der Waals surface area contributed by atoms with Crippen LogP contribution in [0.5, 0.6) is 0 Å². The van der Waals surface area contributed by atoms with Crippen LogP contribution < -0.4 is 5.32 Å². The number of pyridine rings is 1. The van der Waals surface area contributed by atoms with Crippen molar-refractivity contribution in [1.82, 2.24) is 9.88 Å². The molecule has 2 aromatic rings. The highest BCUT2D eigenvalue weighted by atomic mass is 16.6. The van der Waals surface area contributed by atoms with Gasteiger partial charge in [0.25, 0.3) is 0 Å². The molecule has 1 aromatic carbocycles. The van der Waals surface area contributed by atoms with Crippen molar-refractivity contribution in [2.24, 2.45) is 0 Å². The molecule has 26 heavy (non-hydrogen) atoms. The molecule has 134 valence electrons. The van der Waals surface area contributed by atoms with Gasteiger partial charge in [-0.2, -0.15) is 5.26 Å². The Morgan fingerprint density at radius 1 is 1.27 bits per heavy atom. The van der Waals surface area contributed by atoms with Gasteiger partial charge in [0.05, 0.1) is 5.56 Å². The van der Waals surface area contributed by atoms with Crippen LogP contribution in [-0.2, 0) is 24.4 Å². The van der Waals surface area contributed by atoms with Gasteiger partial charge in [-0.1, -0.05) is 18.2 Å². The topological polar surface area (TPSA) is 78.2 Å². The fourth-order valence-electron chi connectivity index (χ4n) is 2.77. The zero-order chi connectivity index (χ0) is 18.7. The first-order chi connectivity index (χ1) is 12.3. The Morgan fingerprint density at radius 2 is 2.04 bits per heavy atom.